The van der Waals surface area contributed by atoms with Gasteiger partial charge in [0, 0.05) is 35.8 Å². The van der Waals surface area contributed by atoms with E-state index in [1.807, 2.05) is 35.1 Å². The van der Waals surface area contributed by atoms with Crippen LogP contribution in [0.3, 0.4) is 0 Å². The molecule has 0 aliphatic heterocycles. The molecule has 0 saturated heterocycles. The molecule has 0 spiro atoms. The van der Waals surface area contributed by atoms with E-state index in [1.165, 1.54) is 44.1 Å². The molecule has 1 N–H and O–H groups in total. The summed E-state index contributed by atoms with van der Waals surface area (Å²) in [6, 6.07) is 5.84. The number of aromatic nitrogens is 4. The first kappa shape index (κ1) is 18.9. The number of ether oxygens (including phenoxy) is 2. The molecule has 3 aromatic heterocycles. The average molecular weight is 400 g/mol. The van der Waals surface area contributed by atoms with Crippen LogP contribution >= 0.6 is 11.9 Å². The molecule has 148 valence electrons. The number of nitrogens with one attached hydrogen (secondary N) is 1. The summed E-state index contributed by atoms with van der Waals surface area (Å²) in [5.74, 6) is 2.63. The molecule has 4 rings (SSSR count). The molecule has 0 amide bonds. The van der Waals surface area contributed by atoms with E-state index in [0.717, 1.165) is 29.1 Å². The van der Waals surface area contributed by atoms with Gasteiger partial charge in [-0.1, -0.05) is 31.2 Å². The molecule has 28 heavy (non-hydrogen) atoms. The van der Waals surface area contributed by atoms with E-state index < -0.39 is 0 Å². The van der Waals surface area contributed by atoms with Crippen LogP contribution in [0.15, 0.2) is 30.6 Å². The maximum absolute atomic E-state index is 6.32. The standard InChI is InChI=1S/C20H25N5O2S/c1-26-19-15(9-6-10-21-19)16-12-25-18(22-23-20(25)24-28-2)11-17(16)27-13-14-7-4-3-5-8-14/h6,9-12,14H,3-5,7-8,13H2,1-2H3,(H,23,24). The van der Waals surface area contributed by atoms with E-state index in [0.29, 0.717) is 17.7 Å². The van der Waals surface area contributed by atoms with Crippen molar-refractivity contribution >= 4 is 23.5 Å². The Morgan fingerprint density at radius 1 is 1.21 bits per heavy atom. The smallest absolute Gasteiger partial charge is 0.239 e. The first-order valence-electron chi connectivity index (χ1n) is 9.60. The van der Waals surface area contributed by atoms with Gasteiger partial charge in [-0.3, -0.25) is 9.12 Å². The topological polar surface area (TPSA) is 73.6 Å². The van der Waals surface area contributed by atoms with Gasteiger partial charge in [0.1, 0.15) is 5.75 Å². The van der Waals surface area contributed by atoms with E-state index >= 15 is 0 Å². The molecule has 0 atom stereocenters. The molecule has 0 unspecified atom stereocenters. The van der Waals surface area contributed by atoms with Gasteiger partial charge >= 0.3 is 0 Å². The summed E-state index contributed by atoms with van der Waals surface area (Å²) in [6.45, 7) is 0.718. The van der Waals surface area contributed by atoms with Gasteiger partial charge in [-0.05, 0) is 30.9 Å². The van der Waals surface area contributed by atoms with E-state index in [1.54, 1.807) is 13.3 Å². The molecule has 0 aromatic carbocycles. The highest BCUT2D eigenvalue weighted by Gasteiger charge is 2.19. The predicted octanol–water partition coefficient (Wildman–Crippen LogP) is 4.45. The van der Waals surface area contributed by atoms with Crippen LogP contribution in [0, 0.1) is 5.92 Å². The third-order valence-electron chi connectivity index (χ3n) is 5.15. The molecular weight excluding hydrogens is 374 g/mol. The molecule has 3 heterocycles. The van der Waals surface area contributed by atoms with Gasteiger partial charge in [0.05, 0.1) is 13.7 Å². The second-order valence-corrected chi connectivity index (χ2v) is 7.60. The molecule has 0 bridgehead atoms. The van der Waals surface area contributed by atoms with Gasteiger partial charge < -0.3 is 9.47 Å². The lowest BCUT2D eigenvalue weighted by atomic mass is 9.90. The number of fused-ring (bicyclic) bond motifs is 1. The summed E-state index contributed by atoms with van der Waals surface area (Å²) in [5, 5.41) is 8.51. The van der Waals surface area contributed by atoms with Crippen LogP contribution in [0.25, 0.3) is 16.8 Å². The third-order valence-corrected chi connectivity index (χ3v) is 5.54. The minimum Gasteiger partial charge on any atom is -0.492 e. The number of methoxy groups -OCH3 is 1. The zero-order chi connectivity index (χ0) is 19.3. The summed E-state index contributed by atoms with van der Waals surface area (Å²) in [6.07, 6.45) is 12.1. The van der Waals surface area contributed by atoms with Crippen molar-refractivity contribution in [3.05, 3.63) is 30.6 Å². The second kappa shape index (κ2) is 8.68. The highest BCUT2D eigenvalue weighted by molar-refractivity contribution is 7.99. The number of rotatable bonds is 7. The van der Waals surface area contributed by atoms with E-state index in [2.05, 4.69) is 19.9 Å². The van der Waals surface area contributed by atoms with Crippen molar-refractivity contribution in [2.45, 2.75) is 32.1 Å². The summed E-state index contributed by atoms with van der Waals surface area (Å²) in [5.41, 5.74) is 2.54. The first-order chi connectivity index (χ1) is 13.8. The largest absolute Gasteiger partial charge is 0.492 e. The minimum atomic E-state index is 0.566. The maximum Gasteiger partial charge on any atom is 0.239 e. The van der Waals surface area contributed by atoms with Crippen molar-refractivity contribution in [3.63, 3.8) is 0 Å². The minimum absolute atomic E-state index is 0.566. The van der Waals surface area contributed by atoms with Crippen LogP contribution in [0.4, 0.5) is 5.95 Å². The zero-order valence-electron chi connectivity index (χ0n) is 16.2. The molecular formula is C20H25N5O2S. The molecule has 3 aromatic rings. The summed E-state index contributed by atoms with van der Waals surface area (Å²) in [4.78, 5) is 4.35. The number of hydrogen-bond donors (Lipinski definition) is 1. The Morgan fingerprint density at radius 2 is 2.07 bits per heavy atom. The van der Waals surface area contributed by atoms with Crippen molar-refractivity contribution < 1.29 is 9.47 Å². The molecule has 0 radical (unpaired) electrons. The fourth-order valence-corrected chi connectivity index (χ4v) is 4.04. The van der Waals surface area contributed by atoms with Gasteiger partial charge in [0.25, 0.3) is 0 Å². The van der Waals surface area contributed by atoms with Crippen molar-refractivity contribution in [3.8, 4) is 22.8 Å². The summed E-state index contributed by atoms with van der Waals surface area (Å²) < 4.78 is 16.9. The third kappa shape index (κ3) is 3.87. The van der Waals surface area contributed by atoms with Crippen LogP contribution in [0.1, 0.15) is 32.1 Å². The summed E-state index contributed by atoms with van der Waals surface area (Å²) in [7, 11) is 1.63. The maximum atomic E-state index is 6.32. The van der Waals surface area contributed by atoms with Crippen LogP contribution in [-0.4, -0.2) is 39.6 Å². The Kier molecular flexibility index (Phi) is 5.85. The van der Waals surface area contributed by atoms with Crippen molar-refractivity contribution in [2.75, 3.05) is 24.7 Å². The van der Waals surface area contributed by atoms with Crippen LogP contribution < -0.4 is 14.2 Å². The lowest BCUT2D eigenvalue weighted by Gasteiger charge is -2.22. The number of nitrogens with zero attached hydrogens (tertiary/aromatic N) is 4. The second-order valence-electron chi connectivity index (χ2n) is 6.98. The lowest BCUT2D eigenvalue weighted by Crippen LogP contribution is -2.15. The van der Waals surface area contributed by atoms with Gasteiger partial charge in [0.2, 0.25) is 11.8 Å². The fourth-order valence-electron chi connectivity index (χ4n) is 3.72. The molecule has 1 saturated carbocycles. The number of hydrogen-bond acceptors (Lipinski definition) is 7. The lowest BCUT2D eigenvalue weighted by molar-refractivity contribution is 0.209. The van der Waals surface area contributed by atoms with Crippen molar-refractivity contribution in [1.29, 1.82) is 0 Å². The van der Waals surface area contributed by atoms with Crippen molar-refractivity contribution in [2.24, 2.45) is 5.92 Å². The van der Waals surface area contributed by atoms with Crippen molar-refractivity contribution in [1.82, 2.24) is 19.6 Å². The SMILES string of the molecule is COc1ncccc1-c1cn2c(NSC)nnc2cc1OCC1CCCCC1. The van der Waals surface area contributed by atoms with E-state index in [4.69, 9.17) is 9.47 Å². The molecule has 1 fully saturated rings. The number of pyridine rings is 2. The van der Waals surface area contributed by atoms with Crippen LogP contribution in [-0.2, 0) is 0 Å². The first-order valence-corrected chi connectivity index (χ1v) is 10.8. The monoisotopic (exact) mass is 399 g/mol. The highest BCUT2D eigenvalue weighted by Crippen LogP contribution is 2.37. The quantitative estimate of drug-likeness (QED) is 0.588. The normalized spacial score (nSPS) is 14.9. The molecule has 7 nitrogen and oxygen atoms in total. The van der Waals surface area contributed by atoms with Gasteiger partial charge in [-0.2, -0.15) is 0 Å². The van der Waals surface area contributed by atoms with Gasteiger partial charge in [-0.15, -0.1) is 10.2 Å². The van der Waals surface area contributed by atoms with E-state index in [-0.39, 0.29) is 0 Å². The predicted molar refractivity (Wildman–Crippen MR) is 112 cm³/mol. The van der Waals surface area contributed by atoms with Crippen LogP contribution in [0.5, 0.6) is 11.6 Å². The Labute approximate surface area is 169 Å². The zero-order valence-corrected chi connectivity index (χ0v) is 17.0. The Balaban J connectivity index is 1.75. The number of anilines is 1. The molecule has 1 aliphatic carbocycles. The van der Waals surface area contributed by atoms with E-state index in [9.17, 15) is 0 Å². The molecule has 8 heteroatoms. The van der Waals surface area contributed by atoms with Crippen LogP contribution in [0.2, 0.25) is 0 Å². The summed E-state index contributed by atoms with van der Waals surface area (Å²) >= 11 is 1.48. The molecule has 1 aliphatic rings. The Bertz CT molecular complexity index is 939. The fraction of sp³-hybridized carbons (Fsp3) is 0.450. The highest BCUT2D eigenvalue weighted by atomic mass is 32.2. The average Bonchev–Trinajstić information content (AvgIpc) is 3.14. The van der Waals surface area contributed by atoms with Gasteiger partial charge in [-0.25, -0.2) is 4.98 Å². The Morgan fingerprint density at radius 3 is 2.86 bits per heavy atom. The Hall–Kier alpha value is -2.48. The van der Waals surface area contributed by atoms with Gasteiger partial charge in [0.15, 0.2) is 5.65 Å².